The third kappa shape index (κ3) is 3.33. The lowest BCUT2D eigenvalue weighted by atomic mass is 10.1. The van der Waals surface area contributed by atoms with Gasteiger partial charge in [-0.15, -0.1) is 0 Å². The number of aromatic amines is 1. The Morgan fingerprint density at radius 1 is 1.23 bits per heavy atom. The number of nitrogens with zero attached hydrogens (tertiary/aromatic N) is 1. The van der Waals surface area contributed by atoms with E-state index in [0.717, 1.165) is 21.8 Å². The van der Waals surface area contributed by atoms with Gasteiger partial charge in [0.15, 0.2) is 0 Å². The number of fused-ring (bicyclic) bond motifs is 3. The molecule has 134 valence electrons. The molecule has 0 radical (unpaired) electrons. The summed E-state index contributed by atoms with van der Waals surface area (Å²) < 4.78 is 0. The second kappa shape index (κ2) is 6.81. The van der Waals surface area contributed by atoms with Gasteiger partial charge in [0.2, 0.25) is 0 Å². The summed E-state index contributed by atoms with van der Waals surface area (Å²) in [6, 6.07) is 8.03. The van der Waals surface area contributed by atoms with Crippen LogP contribution >= 0.6 is 0 Å². The Morgan fingerprint density at radius 2 is 1.96 bits per heavy atom. The highest BCUT2D eigenvalue weighted by molar-refractivity contribution is 6.10. The first-order valence-electron chi connectivity index (χ1n) is 7.82. The van der Waals surface area contributed by atoms with E-state index in [1.807, 2.05) is 24.3 Å². The van der Waals surface area contributed by atoms with Crippen LogP contribution in [0.15, 0.2) is 30.3 Å². The third-order valence-corrected chi connectivity index (χ3v) is 3.94. The highest BCUT2D eigenvalue weighted by Crippen LogP contribution is 2.27. The third-order valence-electron chi connectivity index (χ3n) is 3.94. The number of carbonyl (C=O) groups is 3. The Bertz CT molecular complexity index is 1030. The van der Waals surface area contributed by atoms with Crippen molar-refractivity contribution >= 4 is 39.6 Å². The van der Waals surface area contributed by atoms with E-state index < -0.39 is 30.2 Å². The maximum Gasteiger partial charge on any atom is 0.305 e. The average molecular weight is 355 g/mol. The first-order chi connectivity index (χ1) is 12.4. The lowest BCUT2D eigenvalue weighted by molar-refractivity contribution is -0.139. The minimum atomic E-state index is -1.27. The number of pyridine rings is 1. The van der Waals surface area contributed by atoms with Crippen LogP contribution < -0.4 is 16.6 Å². The molecule has 9 nitrogen and oxygen atoms in total. The predicted molar refractivity (Wildman–Crippen MR) is 94.2 cm³/mol. The molecule has 0 aliphatic heterocycles. The minimum absolute atomic E-state index is 0.117. The summed E-state index contributed by atoms with van der Waals surface area (Å²) in [4.78, 5) is 42.0. The van der Waals surface area contributed by atoms with Crippen LogP contribution in [0.2, 0.25) is 0 Å². The quantitative estimate of drug-likeness (QED) is 0.432. The van der Waals surface area contributed by atoms with Crippen LogP contribution in [0.4, 0.5) is 0 Å². The van der Waals surface area contributed by atoms with Gasteiger partial charge in [-0.3, -0.25) is 25.2 Å². The fourth-order valence-electron chi connectivity index (χ4n) is 2.68. The average Bonchev–Trinajstić information content (AvgIpc) is 2.98. The van der Waals surface area contributed by atoms with E-state index in [4.69, 9.17) is 10.8 Å². The fraction of sp³-hybridized carbons (Fsp3) is 0.176. The maximum absolute atomic E-state index is 12.3. The number of nitrogens with one attached hydrogen (secondary N) is 3. The van der Waals surface area contributed by atoms with Gasteiger partial charge in [-0.1, -0.05) is 18.2 Å². The topological polar surface area (TPSA) is 150 Å². The van der Waals surface area contributed by atoms with Gasteiger partial charge in [-0.05, 0) is 19.1 Å². The van der Waals surface area contributed by atoms with Gasteiger partial charge >= 0.3 is 5.97 Å². The van der Waals surface area contributed by atoms with Gasteiger partial charge in [0.05, 0.1) is 23.7 Å². The van der Waals surface area contributed by atoms with E-state index in [9.17, 15) is 14.4 Å². The number of amides is 2. The molecular formula is C17H17N5O4. The Balaban J connectivity index is 1.81. The van der Waals surface area contributed by atoms with Gasteiger partial charge in [-0.25, -0.2) is 4.98 Å². The number of para-hydroxylation sites is 1. The van der Waals surface area contributed by atoms with Crippen molar-refractivity contribution in [2.45, 2.75) is 19.4 Å². The summed E-state index contributed by atoms with van der Waals surface area (Å²) >= 11 is 0. The summed E-state index contributed by atoms with van der Waals surface area (Å²) in [5.41, 5.74) is 12.2. The SMILES string of the molecule is Cc1nc(C(=O)NNC(=O)[C@@H](N)CC(=O)O)cc2c1[nH]c1ccccc12. The van der Waals surface area contributed by atoms with Crippen molar-refractivity contribution in [2.24, 2.45) is 5.73 Å². The molecule has 0 saturated carbocycles. The number of rotatable bonds is 4. The zero-order chi connectivity index (χ0) is 18.8. The number of aromatic nitrogens is 2. The number of hydrogen-bond acceptors (Lipinski definition) is 5. The largest absolute Gasteiger partial charge is 0.481 e. The van der Waals surface area contributed by atoms with Gasteiger partial charge < -0.3 is 15.8 Å². The van der Waals surface area contributed by atoms with Crippen molar-refractivity contribution in [1.29, 1.82) is 0 Å². The van der Waals surface area contributed by atoms with Crippen molar-refractivity contribution in [2.75, 3.05) is 0 Å². The number of nitrogens with two attached hydrogens (primary N) is 1. The lowest BCUT2D eigenvalue weighted by Crippen LogP contribution is -2.50. The molecule has 26 heavy (non-hydrogen) atoms. The van der Waals surface area contributed by atoms with Crippen LogP contribution in [0, 0.1) is 6.92 Å². The van der Waals surface area contributed by atoms with Crippen molar-refractivity contribution in [3.8, 4) is 0 Å². The molecule has 9 heteroatoms. The van der Waals surface area contributed by atoms with Crippen molar-refractivity contribution in [3.05, 3.63) is 41.7 Å². The van der Waals surface area contributed by atoms with E-state index in [2.05, 4.69) is 20.8 Å². The van der Waals surface area contributed by atoms with Gasteiger partial charge in [-0.2, -0.15) is 0 Å². The Kier molecular flexibility index (Phi) is 4.55. The molecule has 0 unspecified atom stereocenters. The molecule has 3 rings (SSSR count). The molecule has 2 heterocycles. The molecule has 1 atom stereocenters. The number of aryl methyl sites for hydroxylation is 1. The summed E-state index contributed by atoms with van der Waals surface area (Å²) in [6.07, 6.45) is -0.541. The second-order valence-corrected chi connectivity index (χ2v) is 5.83. The molecule has 2 aromatic heterocycles. The molecule has 0 fully saturated rings. The highest BCUT2D eigenvalue weighted by atomic mass is 16.4. The van der Waals surface area contributed by atoms with Gasteiger partial charge in [0, 0.05) is 16.3 Å². The van der Waals surface area contributed by atoms with Crippen molar-refractivity contribution < 1.29 is 19.5 Å². The van der Waals surface area contributed by atoms with Crippen molar-refractivity contribution in [3.63, 3.8) is 0 Å². The number of carboxylic acid groups (broad SMARTS) is 1. The first-order valence-corrected chi connectivity index (χ1v) is 7.82. The molecule has 3 aromatic rings. The number of aliphatic carboxylic acids is 1. The summed E-state index contributed by atoms with van der Waals surface area (Å²) in [5.74, 6) is -2.64. The predicted octanol–water partition coefficient (Wildman–Crippen LogP) is 0.588. The first kappa shape index (κ1) is 17.4. The smallest absolute Gasteiger partial charge is 0.305 e. The molecule has 2 amide bonds. The van der Waals surface area contributed by atoms with Crippen LogP contribution in [0.25, 0.3) is 21.8 Å². The molecule has 1 aromatic carbocycles. The van der Waals surface area contributed by atoms with E-state index in [0.29, 0.717) is 5.69 Å². The number of carboxylic acids is 1. The zero-order valence-corrected chi connectivity index (χ0v) is 13.9. The molecule has 0 spiro atoms. The highest BCUT2D eigenvalue weighted by Gasteiger charge is 2.19. The molecular weight excluding hydrogens is 338 g/mol. The van der Waals surface area contributed by atoms with Crippen molar-refractivity contribution in [1.82, 2.24) is 20.8 Å². The summed E-state index contributed by atoms with van der Waals surface area (Å²) in [7, 11) is 0. The number of hydrazine groups is 1. The number of H-pyrrole nitrogens is 1. The molecule has 0 saturated heterocycles. The number of hydrogen-bond donors (Lipinski definition) is 5. The van der Waals surface area contributed by atoms with Gasteiger partial charge in [0.1, 0.15) is 5.69 Å². The number of carbonyl (C=O) groups excluding carboxylic acids is 2. The molecule has 0 bridgehead atoms. The zero-order valence-electron chi connectivity index (χ0n) is 13.9. The van der Waals surface area contributed by atoms with Crippen LogP contribution in [0.3, 0.4) is 0 Å². The van der Waals surface area contributed by atoms with E-state index in [-0.39, 0.29) is 5.69 Å². The normalized spacial score (nSPS) is 12.1. The monoisotopic (exact) mass is 355 g/mol. The molecule has 0 aliphatic carbocycles. The van der Waals surface area contributed by atoms with Crippen LogP contribution in [0.1, 0.15) is 22.6 Å². The standard InChI is InChI=1S/C17H17N5O4/c1-8-15-10(9-4-2-3-5-12(9)20-15)6-13(19-8)17(26)22-21-16(25)11(18)7-14(23)24/h2-6,11,20H,7,18H2,1H3,(H,21,25)(H,22,26)(H,23,24)/t11-/m0/s1. The summed E-state index contributed by atoms with van der Waals surface area (Å²) in [6.45, 7) is 1.77. The number of benzene rings is 1. The Labute approximate surface area is 147 Å². The second-order valence-electron chi connectivity index (χ2n) is 5.83. The van der Waals surface area contributed by atoms with E-state index in [1.54, 1.807) is 13.0 Å². The van der Waals surface area contributed by atoms with Crippen LogP contribution in [-0.4, -0.2) is 38.9 Å². The Morgan fingerprint density at radius 3 is 2.69 bits per heavy atom. The van der Waals surface area contributed by atoms with E-state index in [1.165, 1.54) is 0 Å². The van der Waals surface area contributed by atoms with Crippen LogP contribution in [-0.2, 0) is 9.59 Å². The molecule has 6 N–H and O–H groups in total. The lowest BCUT2D eigenvalue weighted by Gasteiger charge is -2.11. The van der Waals surface area contributed by atoms with Crippen LogP contribution in [0.5, 0.6) is 0 Å². The minimum Gasteiger partial charge on any atom is -0.481 e. The summed E-state index contributed by atoms with van der Waals surface area (Å²) in [5, 5.41) is 10.4. The van der Waals surface area contributed by atoms with E-state index >= 15 is 0 Å². The Hall–Kier alpha value is -3.46. The maximum atomic E-state index is 12.3. The fourth-order valence-corrected chi connectivity index (χ4v) is 2.68. The van der Waals surface area contributed by atoms with Gasteiger partial charge in [0.25, 0.3) is 11.8 Å². The molecule has 0 aliphatic rings.